The van der Waals surface area contributed by atoms with Crippen LogP contribution in [0.15, 0.2) is 53.4 Å². The molecule has 0 aliphatic heterocycles. The van der Waals surface area contributed by atoms with E-state index in [2.05, 4.69) is 10.6 Å². The first-order valence-corrected chi connectivity index (χ1v) is 10.8. The summed E-state index contributed by atoms with van der Waals surface area (Å²) in [6.45, 7) is 2.29. The summed E-state index contributed by atoms with van der Waals surface area (Å²) < 4.78 is 25.7. The maximum Gasteiger partial charge on any atom is 0.234 e. The van der Waals surface area contributed by atoms with Crippen LogP contribution in [-0.4, -0.2) is 35.1 Å². The van der Waals surface area contributed by atoms with Gasteiger partial charge in [-0.25, -0.2) is 8.78 Å². The molecule has 1 atom stereocenters. The van der Waals surface area contributed by atoms with Crippen molar-refractivity contribution < 1.29 is 18.4 Å². The maximum atomic E-state index is 12.8. The first kappa shape index (κ1) is 22.2. The molecule has 1 unspecified atom stereocenters. The van der Waals surface area contributed by atoms with Crippen LogP contribution in [-0.2, 0) is 9.59 Å². The van der Waals surface area contributed by atoms with Gasteiger partial charge in [-0.15, -0.1) is 23.5 Å². The van der Waals surface area contributed by atoms with Gasteiger partial charge in [0.15, 0.2) is 0 Å². The van der Waals surface area contributed by atoms with E-state index < -0.39 is 0 Å². The summed E-state index contributed by atoms with van der Waals surface area (Å²) in [4.78, 5) is 25.0. The van der Waals surface area contributed by atoms with Crippen LogP contribution >= 0.6 is 23.5 Å². The third kappa shape index (κ3) is 8.31. The number of anilines is 1. The fourth-order valence-electron chi connectivity index (χ4n) is 2.15. The molecular formula is C20H22F2N2O2S2. The van der Waals surface area contributed by atoms with Gasteiger partial charge in [-0.05, 0) is 67.6 Å². The molecule has 0 aliphatic carbocycles. The summed E-state index contributed by atoms with van der Waals surface area (Å²) in [5, 5.41) is 5.15. The topological polar surface area (TPSA) is 58.2 Å². The number of nitrogens with one attached hydrogen (secondary N) is 2. The summed E-state index contributed by atoms with van der Waals surface area (Å²) in [5.41, 5.74) is 0.516. The van der Waals surface area contributed by atoms with E-state index in [1.165, 1.54) is 48.2 Å². The van der Waals surface area contributed by atoms with E-state index in [4.69, 9.17) is 0 Å². The number of amides is 2. The Bertz CT molecular complexity index is 771. The Labute approximate surface area is 171 Å². The lowest BCUT2D eigenvalue weighted by atomic mass is 10.3. The minimum absolute atomic E-state index is 0.119. The molecule has 150 valence electrons. The monoisotopic (exact) mass is 424 g/mol. The van der Waals surface area contributed by atoms with E-state index in [0.29, 0.717) is 12.2 Å². The molecule has 4 nitrogen and oxygen atoms in total. The second kappa shape index (κ2) is 11.7. The fourth-order valence-corrected chi connectivity index (χ4v) is 3.72. The summed E-state index contributed by atoms with van der Waals surface area (Å²) in [5.74, 6) is -0.0404. The summed E-state index contributed by atoms with van der Waals surface area (Å²) >= 11 is 2.84. The van der Waals surface area contributed by atoms with Crippen molar-refractivity contribution in [2.75, 3.05) is 23.4 Å². The number of thioether (sulfide) groups is 2. The zero-order chi connectivity index (χ0) is 20.4. The van der Waals surface area contributed by atoms with E-state index in [9.17, 15) is 18.4 Å². The van der Waals surface area contributed by atoms with Crippen LogP contribution in [0, 0.1) is 11.6 Å². The predicted octanol–water partition coefficient (Wildman–Crippen LogP) is 4.32. The van der Waals surface area contributed by atoms with E-state index in [0.717, 1.165) is 17.1 Å². The van der Waals surface area contributed by atoms with E-state index in [-0.39, 0.29) is 34.5 Å². The molecule has 2 amide bonds. The summed E-state index contributed by atoms with van der Waals surface area (Å²) in [6.07, 6.45) is 0.788. The normalized spacial score (nSPS) is 11.7. The van der Waals surface area contributed by atoms with Gasteiger partial charge < -0.3 is 10.6 Å². The zero-order valence-electron chi connectivity index (χ0n) is 15.4. The van der Waals surface area contributed by atoms with Crippen molar-refractivity contribution >= 4 is 41.0 Å². The number of carbonyl (C=O) groups excluding carboxylic acids is 2. The van der Waals surface area contributed by atoms with Gasteiger partial charge in [0.2, 0.25) is 11.8 Å². The van der Waals surface area contributed by atoms with Crippen LogP contribution in [0.5, 0.6) is 0 Å². The van der Waals surface area contributed by atoms with Gasteiger partial charge >= 0.3 is 0 Å². The van der Waals surface area contributed by atoms with Crippen molar-refractivity contribution in [2.24, 2.45) is 0 Å². The van der Waals surface area contributed by atoms with Gasteiger partial charge in [-0.1, -0.05) is 0 Å². The SMILES string of the molecule is CC(SCC(=O)Nc1ccc(F)cc1)C(=O)NCCCSc1ccc(F)cc1. The smallest absolute Gasteiger partial charge is 0.234 e. The number of benzene rings is 2. The fraction of sp³-hybridized carbons (Fsp3) is 0.300. The van der Waals surface area contributed by atoms with Gasteiger partial charge in [-0.2, -0.15) is 0 Å². The standard InChI is InChI=1S/C20H22F2N2O2S2/c1-14(28-13-19(25)24-17-7-3-15(21)4-8-17)20(26)23-11-2-12-27-18-9-5-16(22)6-10-18/h3-10,14H,2,11-13H2,1H3,(H,23,26)(H,24,25). The second-order valence-corrected chi connectivity index (χ2v) is 8.45. The molecule has 0 aliphatic rings. The van der Waals surface area contributed by atoms with Crippen LogP contribution in [0.1, 0.15) is 13.3 Å². The quantitative estimate of drug-likeness (QED) is 0.440. The third-order valence-corrected chi connectivity index (χ3v) is 5.91. The Kier molecular flexibility index (Phi) is 9.30. The highest BCUT2D eigenvalue weighted by Crippen LogP contribution is 2.18. The van der Waals surface area contributed by atoms with E-state index in [1.807, 2.05) is 0 Å². The van der Waals surface area contributed by atoms with E-state index in [1.54, 1.807) is 30.8 Å². The molecule has 0 bridgehead atoms. The molecule has 0 aromatic heterocycles. The lowest BCUT2D eigenvalue weighted by Crippen LogP contribution is -2.32. The molecule has 8 heteroatoms. The molecule has 0 heterocycles. The number of carbonyl (C=O) groups is 2. The van der Waals surface area contributed by atoms with E-state index >= 15 is 0 Å². The minimum Gasteiger partial charge on any atom is -0.355 e. The molecular weight excluding hydrogens is 402 g/mol. The highest BCUT2D eigenvalue weighted by atomic mass is 32.2. The largest absolute Gasteiger partial charge is 0.355 e. The summed E-state index contributed by atoms with van der Waals surface area (Å²) in [6, 6.07) is 11.8. The Balaban J connectivity index is 1.58. The number of hydrogen-bond acceptors (Lipinski definition) is 4. The average Bonchev–Trinajstić information content (AvgIpc) is 2.69. The maximum absolute atomic E-state index is 12.8. The molecule has 2 aromatic rings. The van der Waals surface area contributed by atoms with Gasteiger partial charge in [0.05, 0.1) is 11.0 Å². The Morgan fingerprint density at radius 3 is 2.25 bits per heavy atom. The summed E-state index contributed by atoms with van der Waals surface area (Å²) in [7, 11) is 0. The Hall–Kier alpha value is -2.06. The van der Waals surface area contributed by atoms with Crippen molar-refractivity contribution in [1.29, 1.82) is 0 Å². The number of halogens is 2. The van der Waals surface area contributed by atoms with Crippen molar-refractivity contribution in [2.45, 2.75) is 23.5 Å². The van der Waals surface area contributed by atoms with Crippen molar-refractivity contribution in [3.8, 4) is 0 Å². The van der Waals surface area contributed by atoms with Gasteiger partial charge in [-0.3, -0.25) is 9.59 Å². The first-order valence-electron chi connectivity index (χ1n) is 8.77. The molecule has 0 radical (unpaired) electrons. The second-order valence-electron chi connectivity index (χ2n) is 5.96. The van der Waals surface area contributed by atoms with Crippen LogP contribution in [0.4, 0.5) is 14.5 Å². The lowest BCUT2D eigenvalue weighted by Gasteiger charge is -2.12. The van der Waals surface area contributed by atoms with Crippen LogP contribution in [0.3, 0.4) is 0 Å². The van der Waals surface area contributed by atoms with Gasteiger partial charge in [0.1, 0.15) is 11.6 Å². The highest BCUT2D eigenvalue weighted by Gasteiger charge is 2.14. The molecule has 2 rings (SSSR count). The molecule has 0 saturated heterocycles. The van der Waals surface area contributed by atoms with Crippen molar-refractivity contribution in [1.82, 2.24) is 5.32 Å². The van der Waals surface area contributed by atoms with Gasteiger partial charge in [0.25, 0.3) is 0 Å². The highest BCUT2D eigenvalue weighted by molar-refractivity contribution is 8.01. The van der Waals surface area contributed by atoms with Gasteiger partial charge in [0, 0.05) is 17.1 Å². The molecule has 28 heavy (non-hydrogen) atoms. The molecule has 2 aromatic carbocycles. The Morgan fingerprint density at radius 1 is 1.00 bits per heavy atom. The molecule has 2 N–H and O–H groups in total. The molecule has 0 spiro atoms. The van der Waals surface area contributed by atoms with Crippen LogP contribution in [0.2, 0.25) is 0 Å². The Morgan fingerprint density at radius 2 is 1.61 bits per heavy atom. The molecule has 0 saturated carbocycles. The van der Waals surface area contributed by atoms with Crippen molar-refractivity contribution in [3.63, 3.8) is 0 Å². The van der Waals surface area contributed by atoms with Crippen molar-refractivity contribution in [3.05, 3.63) is 60.2 Å². The average molecular weight is 425 g/mol. The first-order chi connectivity index (χ1) is 13.4. The van der Waals surface area contributed by atoms with Crippen LogP contribution in [0.25, 0.3) is 0 Å². The predicted molar refractivity (Wildman–Crippen MR) is 112 cm³/mol. The zero-order valence-corrected chi connectivity index (χ0v) is 17.0. The minimum atomic E-state index is -0.367. The van der Waals surface area contributed by atoms with Crippen LogP contribution < -0.4 is 10.6 Å². The lowest BCUT2D eigenvalue weighted by molar-refractivity contribution is -0.120. The molecule has 0 fully saturated rings. The number of hydrogen-bond donors (Lipinski definition) is 2. The third-order valence-electron chi connectivity index (χ3n) is 3.66. The number of rotatable bonds is 10.